The van der Waals surface area contributed by atoms with Crippen LogP contribution in [0.25, 0.3) is 11.3 Å². The molecular formula is C23H24N2O3S. The number of nitrogens with zero attached hydrogens (tertiary/aromatic N) is 2. The molecular weight excluding hydrogens is 384 g/mol. The zero-order chi connectivity index (χ0) is 20.1. The second-order valence-electron chi connectivity index (χ2n) is 7.05. The average Bonchev–Trinajstić information content (AvgIpc) is 3.45. The molecule has 4 rings (SSSR count). The Morgan fingerprint density at radius 3 is 2.69 bits per heavy atom. The molecule has 0 N–H and O–H groups in total. The molecule has 1 aliphatic rings. The summed E-state index contributed by atoms with van der Waals surface area (Å²) in [5.41, 5.74) is 2.86. The maximum absolute atomic E-state index is 13.2. The largest absolute Gasteiger partial charge is 0.497 e. The predicted octanol–water partition coefficient (Wildman–Crippen LogP) is 4.57. The van der Waals surface area contributed by atoms with E-state index >= 15 is 0 Å². The minimum atomic E-state index is 0.0438. The predicted molar refractivity (Wildman–Crippen MR) is 116 cm³/mol. The van der Waals surface area contributed by atoms with Crippen molar-refractivity contribution in [3.8, 4) is 17.0 Å². The monoisotopic (exact) mass is 408 g/mol. The number of carbonyl (C=O) groups is 1. The van der Waals surface area contributed by atoms with Gasteiger partial charge < -0.3 is 9.47 Å². The summed E-state index contributed by atoms with van der Waals surface area (Å²) in [6, 6.07) is 17.6. The third kappa shape index (κ3) is 4.83. The van der Waals surface area contributed by atoms with E-state index in [0.717, 1.165) is 42.0 Å². The first-order chi connectivity index (χ1) is 14.2. The quantitative estimate of drug-likeness (QED) is 0.574. The van der Waals surface area contributed by atoms with E-state index < -0.39 is 0 Å². The molecule has 0 radical (unpaired) electrons. The van der Waals surface area contributed by atoms with E-state index in [9.17, 15) is 4.79 Å². The van der Waals surface area contributed by atoms with Gasteiger partial charge in [0.1, 0.15) is 5.75 Å². The molecule has 2 heterocycles. The van der Waals surface area contributed by atoms with Crippen LogP contribution in [-0.2, 0) is 16.0 Å². The van der Waals surface area contributed by atoms with Gasteiger partial charge in [0, 0.05) is 17.6 Å². The molecule has 150 valence electrons. The fourth-order valence-corrected chi connectivity index (χ4v) is 4.29. The molecule has 0 saturated carbocycles. The summed E-state index contributed by atoms with van der Waals surface area (Å²) in [7, 11) is 1.65. The molecule has 0 bridgehead atoms. The fourth-order valence-electron chi connectivity index (χ4n) is 3.43. The molecule has 1 fully saturated rings. The smallest absolute Gasteiger partial charge is 0.233 e. The molecule has 29 heavy (non-hydrogen) atoms. The van der Waals surface area contributed by atoms with Crippen LogP contribution < -0.4 is 9.64 Å². The topological polar surface area (TPSA) is 51.7 Å². The molecule has 0 aliphatic carbocycles. The lowest BCUT2D eigenvalue weighted by molar-refractivity contribution is -0.118. The van der Waals surface area contributed by atoms with E-state index in [2.05, 4.69) is 0 Å². The summed E-state index contributed by atoms with van der Waals surface area (Å²) in [4.78, 5) is 19.7. The van der Waals surface area contributed by atoms with Gasteiger partial charge >= 0.3 is 0 Å². The highest BCUT2D eigenvalue weighted by atomic mass is 32.1. The highest BCUT2D eigenvalue weighted by Crippen LogP contribution is 2.30. The van der Waals surface area contributed by atoms with Crippen LogP contribution in [0.3, 0.4) is 0 Å². The lowest BCUT2D eigenvalue weighted by Gasteiger charge is -2.23. The average molecular weight is 409 g/mol. The highest BCUT2D eigenvalue weighted by Gasteiger charge is 2.26. The van der Waals surface area contributed by atoms with Gasteiger partial charge in [-0.25, -0.2) is 4.98 Å². The standard InChI is InChI=1S/C23H24N2O3S/c1-27-19-11-9-18(10-12-19)21-16-29-23(24-21)25(15-20-8-5-13-28-20)22(26)14-17-6-3-2-4-7-17/h2-4,6-7,9-12,16,20H,5,8,13-15H2,1H3. The first-order valence-electron chi connectivity index (χ1n) is 9.79. The maximum Gasteiger partial charge on any atom is 0.233 e. The number of methoxy groups -OCH3 is 1. The van der Waals surface area contributed by atoms with Gasteiger partial charge in [0.25, 0.3) is 0 Å². The van der Waals surface area contributed by atoms with E-state index in [1.807, 2.05) is 60.0 Å². The molecule has 3 aromatic rings. The molecule has 6 heteroatoms. The van der Waals surface area contributed by atoms with Gasteiger partial charge in [-0.1, -0.05) is 30.3 Å². The SMILES string of the molecule is COc1ccc(-c2csc(N(CC3CCCO3)C(=O)Cc3ccccc3)n2)cc1. The summed E-state index contributed by atoms with van der Waals surface area (Å²) < 4.78 is 11.0. The molecule has 2 aromatic carbocycles. The summed E-state index contributed by atoms with van der Waals surface area (Å²) in [6.45, 7) is 1.31. The number of hydrogen-bond donors (Lipinski definition) is 0. The maximum atomic E-state index is 13.2. The fraction of sp³-hybridized carbons (Fsp3) is 0.304. The summed E-state index contributed by atoms with van der Waals surface area (Å²) >= 11 is 1.49. The highest BCUT2D eigenvalue weighted by molar-refractivity contribution is 7.14. The number of rotatable bonds is 7. The van der Waals surface area contributed by atoms with Crippen LogP contribution in [0.2, 0.25) is 0 Å². The lowest BCUT2D eigenvalue weighted by atomic mass is 10.1. The zero-order valence-electron chi connectivity index (χ0n) is 16.4. The molecule has 1 aliphatic heterocycles. The van der Waals surface area contributed by atoms with Gasteiger partial charge in [0.05, 0.1) is 31.9 Å². The molecule has 5 nitrogen and oxygen atoms in total. The van der Waals surface area contributed by atoms with Gasteiger partial charge in [-0.2, -0.15) is 0 Å². The summed E-state index contributed by atoms with van der Waals surface area (Å²) in [5, 5.41) is 2.71. The Balaban J connectivity index is 1.56. The van der Waals surface area contributed by atoms with E-state index in [1.54, 1.807) is 12.0 Å². The Labute approximate surface area is 174 Å². The van der Waals surface area contributed by atoms with Gasteiger partial charge in [-0.3, -0.25) is 9.69 Å². The van der Waals surface area contributed by atoms with E-state index in [0.29, 0.717) is 18.1 Å². The number of ether oxygens (including phenoxy) is 2. The number of carbonyl (C=O) groups excluding carboxylic acids is 1. The molecule has 1 unspecified atom stereocenters. The van der Waals surface area contributed by atoms with E-state index in [-0.39, 0.29) is 12.0 Å². The molecule has 0 spiro atoms. The number of hydrogen-bond acceptors (Lipinski definition) is 5. The third-order valence-corrected chi connectivity index (χ3v) is 5.88. The van der Waals surface area contributed by atoms with Crippen molar-refractivity contribution < 1.29 is 14.3 Å². The van der Waals surface area contributed by atoms with Gasteiger partial charge in [-0.05, 0) is 42.7 Å². The van der Waals surface area contributed by atoms with Gasteiger partial charge in [-0.15, -0.1) is 11.3 Å². The molecule has 1 amide bonds. The van der Waals surface area contributed by atoms with Crippen molar-refractivity contribution in [1.29, 1.82) is 0 Å². The molecule has 1 atom stereocenters. The number of amides is 1. The Morgan fingerprint density at radius 1 is 1.21 bits per heavy atom. The third-order valence-electron chi connectivity index (χ3n) is 5.02. The van der Waals surface area contributed by atoms with E-state index in [4.69, 9.17) is 14.5 Å². The first-order valence-corrected chi connectivity index (χ1v) is 10.7. The van der Waals surface area contributed by atoms with Crippen molar-refractivity contribution in [2.45, 2.75) is 25.4 Å². The summed E-state index contributed by atoms with van der Waals surface area (Å²) in [5.74, 6) is 0.851. The number of thiazole rings is 1. The second kappa shape index (κ2) is 9.20. The normalized spacial score (nSPS) is 16.0. The summed E-state index contributed by atoms with van der Waals surface area (Å²) in [6.07, 6.45) is 2.44. The van der Waals surface area contributed by atoms with Crippen molar-refractivity contribution in [2.24, 2.45) is 0 Å². The zero-order valence-corrected chi connectivity index (χ0v) is 17.2. The Kier molecular flexibility index (Phi) is 6.22. The minimum absolute atomic E-state index is 0.0438. The molecule has 1 saturated heterocycles. The minimum Gasteiger partial charge on any atom is -0.497 e. The first kappa shape index (κ1) is 19.6. The van der Waals surface area contributed by atoms with Crippen LogP contribution in [0.4, 0.5) is 5.13 Å². The lowest BCUT2D eigenvalue weighted by Crippen LogP contribution is -2.38. The molecule has 1 aromatic heterocycles. The Morgan fingerprint density at radius 2 is 2.00 bits per heavy atom. The van der Waals surface area contributed by atoms with Crippen LogP contribution in [0.1, 0.15) is 18.4 Å². The Hall–Kier alpha value is -2.70. The van der Waals surface area contributed by atoms with Crippen LogP contribution in [-0.4, -0.2) is 37.3 Å². The number of benzene rings is 2. The number of anilines is 1. The van der Waals surface area contributed by atoms with Crippen molar-refractivity contribution >= 4 is 22.4 Å². The van der Waals surface area contributed by atoms with Gasteiger partial charge in [0.15, 0.2) is 5.13 Å². The van der Waals surface area contributed by atoms with Crippen LogP contribution >= 0.6 is 11.3 Å². The van der Waals surface area contributed by atoms with Crippen molar-refractivity contribution in [3.63, 3.8) is 0 Å². The van der Waals surface area contributed by atoms with Crippen LogP contribution in [0.15, 0.2) is 60.0 Å². The Bertz CT molecular complexity index is 934. The van der Waals surface area contributed by atoms with E-state index in [1.165, 1.54) is 11.3 Å². The van der Waals surface area contributed by atoms with Gasteiger partial charge in [0.2, 0.25) is 5.91 Å². The second-order valence-corrected chi connectivity index (χ2v) is 7.88. The van der Waals surface area contributed by atoms with Crippen molar-refractivity contribution in [1.82, 2.24) is 4.98 Å². The van der Waals surface area contributed by atoms with Crippen LogP contribution in [0.5, 0.6) is 5.75 Å². The van der Waals surface area contributed by atoms with Crippen molar-refractivity contribution in [3.05, 3.63) is 65.5 Å². The number of aromatic nitrogens is 1. The van der Waals surface area contributed by atoms with Crippen molar-refractivity contribution in [2.75, 3.05) is 25.2 Å². The van der Waals surface area contributed by atoms with Crippen LogP contribution in [0, 0.1) is 0 Å².